The van der Waals surface area contributed by atoms with E-state index in [9.17, 15) is 4.79 Å². The normalized spacial score (nSPS) is 12.1. The zero-order chi connectivity index (χ0) is 15.1. The van der Waals surface area contributed by atoms with Crippen molar-refractivity contribution in [3.63, 3.8) is 0 Å². The van der Waals surface area contributed by atoms with Gasteiger partial charge in [-0.15, -0.1) is 0 Å². The third kappa shape index (κ3) is 4.42. The molecule has 112 valence electrons. The van der Waals surface area contributed by atoms with Crippen molar-refractivity contribution >= 4 is 5.91 Å². The van der Waals surface area contributed by atoms with Gasteiger partial charge >= 0.3 is 0 Å². The Hall–Kier alpha value is -1.75. The van der Waals surface area contributed by atoms with Gasteiger partial charge < -0.3 is 20.5 Å². The molecule has 0 aliphatic carbocycles. The fourth-order valence-corrected chi connectivity index (χ4v) is 1.97. The number of hydrogen-bond acceptors (Lipinski definition) is 4. The number of nitrogens with two attached hydrogens (primary N) is 1. The molecule has 1 rings (SSSR count). The first-order valence-electron chi connectivity index (χ1n) is 6.73. The molecule has 0 saturated heterocycles. The highest BCUT2D eigenvalue weighted by atomic mass is 16.5. The maximum Gasteiger partial charge on any atom is 0.224 e. The molecular formula is C15H24N2O3. The van der Waals surface area contributed by atoms with Crippen LogP contribution in [-0.2, 0) is 11.2 Å². The van der Waals surface area contributed by atoms with Gasteiger partial charge in [0.15, 0.2) is 0 Å². The lowest BCUT2D eigenvalue weighted by atomic mass is 9.97. The summed E-state index contributed by atoms with van der Waals surface area (Å²) in [6.07, 6.45) is 0.544. The number of amides is 1. The van der Waals surface area contributed by atoms with Crippen molar-refractivity contribution in [3.05, 3.63) is 23.8 Å². The minimum Gasteiger partial charge on any atom is -0.497 e. The molecule has 0 fully saturated rings. The van der Waals surface area contributed by atoms with E-state index in [4.69, 9.17) is 15.2 Å². The van der Waals surface area contributed by atoms with E-state index < -0.39 is 0 Å². The maximum absolute atomic E-state index is 12.1. The summed E-state index contributed by atoms with van der Waals surface area (Å²) >= 11 is 0. The highest BCUT2D eigenvalue weighted by Crippen LogP contribution is 2.26. The van der Waals surface area contributed by atoms with Crippen LogP contribution in [0.15, 0.2) is 18.2 Å². The lowest BCUT2D eigenvalue weighted by Gasteiger charge is -2.18. The Labute approximate surface area is 120 Å². The third-order valence-electron chi connectivity index (χ3n) is 3.05. The molecule has 1 aromatic rings. The molecule has 0 radical (unpaired) electrons. The number of ether oxygens (including phenoxy) is 2. The largest absolute Gasteiger partial charge is 0.497 e. The van der Waals surface area contributed by atoms with Crippen molar-refractivity contribution in [3.8, 4) is 11.5 Å². The first kappa shape index (κ1) is 16.3. The van der Waals surface area contributed by atoms with Crippen LogP contribution in [0.4, 0.5) is 0 Å². The van der Waals surface area contributed by atoms with Gasteiger partial charge in [-0.1, -0.05) is 6.07 Å². The van der Waals surface area contributed by atoms with Gasteiger partial charge in [0.25, 0.3) is 0 Å². The van der Waals surface area contributed by atoms with Gasteiger partial charge in [-0.3, -0.25) is 4.79 Å². The Morgan fingerprint density at radius 1 is 1.30 bits per heavy atom. The van der Waals surface area contributed by atoms with Crippen molar-refractivity contribution in [2.45, 2.75) is 26.3 Å². The van der Waals surface area contributed by atoms with E-state index in [0.29, 0.717) is 18.7 Å². The van der Waals surface area contributed by atoms with Crippen molar-refractivity contribution in [1.82, 2.24) is 5.32 Å². The van der Waals surface area contributed by atoms with Gasteiger partial charge in [-0.05, 0) is 31.9 Å². The molecule has 0 aliphatic heterocycles. The maximum atomic E-state index is 12.1. The van der Waals surface area contributed by atoms with Crippen LogP contribution in [0.5, 0.6) is 11.5 Å². The minimum absolute atomic E-state index is 0.0274. The van der Waals surface area contributed by atoms with Gasteiger partial charge in [0, 0.05) is 18.7 Å². The number of carbonyl (C=O) groups excluding carboxylic acids is 1. The summed E-state index contributed by atoms with van der Waals surface area (Å²) in [7, 11) is 3.21. The van der Waals surface area contributed by atoms with Gasteiger partial charge in [0.1, 0.15) is 11.5 Å². The van der Waals surface area contributed by atoms with Gasteiger partial charge in [-0.2, -0.15) is 0 Å². The summed E-state index contributed by atoms with van der Waals surface area (Å²) in [4.78, 5) is 12.1. The zero-order valence-electron chi connectivity index (χ0n) is 12.6. The van der Waals surface area contributed by atoms with Crippen molar-refractivity contribution in [2.75, 3.05) is 20.8 Å². The summed E-state index contributed by atoms with van der Waals surface area (Å²) < 4.78 is 10.5. The van der Waals surface area contributed by atoms with E-state index in [2.05, 4.69) is 5.32 Å². The molecule has 1 unspecified atom stereocenters. The molecular weight excluding hydrogens is 256 g/mol. The molecule has 1 aromatic carbocycles. The van der Waals surface area contributed by atoms with E-state index in [0.717, 1.165) is 11.3 Å². The summed E-state index contributed by atoms with van der Waals surface area (Å²) in [6, 6.07) is 5.67. The average Bonchev–Trinajstić information content (AvgIpc) is 2.43. The van der Waals surface area contributed by atoms with Gasteiger partial charge in [0.2, 0.25) is 5.91 Å². The predicted molar refractivity (Wildman–Crippen MR) is 79.1 cm³/mol. The molecule has 5 nitrogen and oxygen atoms in total. The number of nitrogens with one attached hydrogen (secondary N) is 1. The summed E-state index contributed by atoms with van der Waals surface area (Å²) in [5.74, 6) is 1.14. The van der Waals surface area contributed by atoms with Crippen molar-refractivity contribution in [1.29, 1.82) is 0 Å². The van der Waals surface area contributed by atoms with E-state index in [-0.39, 0.29) is 17.9 Å². The molecule has 0 aliphatic rings. The smallest absolute Gasteiger partial charge is 0.224 e. The highest BCUT2D eigenvalue weighted by molar-refractivity contribution is 5.79. The number of carbonyl (C=O) groups is 1. The SMILES string of the molecule is COc1ccc(CC(CN)C(=O)NC(C)C)c(OC)c1. The average molecular weight is 280 g/mol. The molecule has 0 aromatic heterocycles. The molecule has 1 atom stereocenters. The fraction of sp³-hybridized carbons (Fsp3) is 0.533. The van der Waals surface area contributed by atoms with E-state index in [1.54, 1.807) is 14.2 Å². The van der Waals surface area contributed by atoms with Gasteiger partial charge in [-0.25, -0.2) is 0 Å². The standard InChI is InChI=1S/C15H24N2O3/c1-10(2)17-15(18)12(9-16)7-11-5-6-13(19-3)8-14(11)20-4/h5-6,8,10,12H,7,9,16H2,1-4H3,(H,17,18). The summed E-state index contributed by atoms with van der Waals surface area (Å²) in [5, 5.41) is 2.89. The van der Waals surface area contributed by atoms with Crippen LogP contribution in [0, 0.1) is 5.92 Å². The number of benzene rings is 1. The zero-order valence-corrected chi connectivity index (χ0v) is 12.6. The number of hydrogen-bond donors (Lipinski definition) is 2. The second-order valence-corrected chi connectivity index (χ2v) is 4.98. The highest BCUT2D eigenvalue weighted by Gasteiger charge is 2.20. The van der Waals surface area contributed by atoms with Crippen LogP contribution in [0.3, 0.4) is 0 Å². The monoisotopic (exact) mass is 280 g/mol. The second-order valence-electron chi connectivity index (χ2n) is 4.98. The van der Waals surface area contributed by atoms with Crippen molar-refractivity contribution in [2.24, 2.45) is 11.7 Å². The van der Waals surface area contributed by atoms with Crippen LogP contribution in [0.1, 0.15) is 19.4 Å². The van der Waals surface area contributed by atoms with E-state index >= 15 is 0 Å². The summed E-state index contributed by atoms with van der Waals surface area (Å²) in [6.45, 7) is 4.16. The molecule has 3 N–H and O–H groups in total. The lowest BCUT2D eigenvalue weighted by molar-refractivity contribution is -0.125. The second kappa shape index (κ2) is 7.75. The lowest BCUT2D eigenvalue weighted by Crippen LogP contribution is -2.39. The number of rotatable bonds is 7. The fourth-order valence-electron chi connectivity index (χ4n) is 1.97. The Bertz CT molecular complexity index is 447. The Balaban J connectivity index is 2.86. The molecule has 0 spiro atoms. The van der Waals surface area contributed by atoms with E-state index in [1.807, 2.05) is 32.0 Å². The summed E-state index contributed by atoms with van der Waals surface area (Å²) in [5.41, 5.74) is 6.67. The van der Waals surface area contributed by atoms with E-state index in [1.165, 1.54) is 0 Å². The Morgan fingerprint density at radius 2 is 2.00 bits per heavy atom. The quantitative estimate of drug-likeness (QED) is 0.790. The van der Waals surface area contributed by atoms with Crippen LogP contribution in [0.2, 0.25) is 0 Å². The Kier molecular flexibility index (Phi) is 6.31. The van der Waals surface area contributed by atoms with Crippen molar-refractivity contribution < 1.29 is 14.3 Å². The molecule has 5 heteroatoms. The van der Waals surface area contributed by atoms with Gasteiger partial charge in [0.05, 0.1) is 20.1 Å². The van der Waals surface area contributed by atoms with Crippen LogP contribution in [-0.4, -0.2) is 32.7 Å². The molecule has 0 bridgehead atoms. The minimum atomic E-state index is -0.264. The van der Waals surface area contributed by atoms with Crippen LogP contribution < -0.4 is 20.5 Å². The first-order chi connectivity index (χ1) is 9.51. The molecule has 20 heavy (non-hydrogen) atoms. The topological polar surface area (TPSA) is 73.6 Å². The molecule has 0 heterocycles. The predicted octanol–water partition coefficient (Wildman–Crippen LogP) is 1.35. The first-order valence-corrected chi connectivity index (χ1v) is 6.73. The van der Waals surface area contributed by atoms with Crippen LogP contribution in [0.25, 0.3) is 0 Å². The molecule has 1 amide bonds. The Morgan fingerprint density at radius 3 is 2.50 bits per heavy atom. The van der Waals surface area contributed by atoms with Crippen LogP contribution >= 0.6 is 0 Å². The molecule has 0 saturated carbocycles. The third-order valence-corrected chi connectivity index (χ3v) is 3.05. The number of methoxy groups -OCH3 is 2.